The van der Waals surface area contributed by atoms with E-state index in [4.69, 9.17) is 9.47 Å². The highest BCUT2D eigenvalue weighted by molar-refractivity contribution is 6.06. The molecule has 1 aliphatic rings. The molecule has 0 amide bonds. The number of ether oxygens (including phenoxy) is 2. The highest BCUT2D eigenvalue weighted by Gasteiger charge is 2.45. The Morgan fingerprint density at radius 1 is 1.20 bits per heavy atom. The van der Waals surface area contributed by atoms with E-state index in [0.29, 0.717) is 16.1 Å². The number of esters is 2. The molecule has 1 aliphatic heterocycles. The van der Waals surface area contributed by atoms with Gasteiger partial charge in [0.1, 0.15) is 5.92 Å². The molecule has 1 aromatic heterocycles. The molecule has 1 aromatic rings. The van der Waals surface area contributed by atoms with Crippen LogP contribution in [0.1, 0.15) is 39.3 Å². The summed E-state index contributed by atoms with van der Waals surface area (Å²) in [5.41, 5.74) is 1.42. The van der Waals surface area contributed by atoms with E-state index in [2.05, 4.69) is 4.99 Å². The fourth-order valence-electron chi connectivity index (χ4n) is 3.05. The van der Waals surface area contributed by atoms with Crippen molar-refractivity contribution in [2.75, 3.05) is 13.2 Å². The van der Waals surface area contributed by atoms with Crippen LogP contribution in [0.4, 0.5) is 0 Å². The summed E-state index contributed by atoms with van der Waals surface area (Å²) in [5, 5.41) is 12.3. The Morgan fingerprint density at radius 2 is 1.88 bits per heavy atom. The van der Waals surface area contributed by atoms with Crippen molar-refractivity contribution in [3.8, 4) is 0 Å². The van der Waals surface area contributed by atoms with Gasteiger partial charge in [-0.05, 0) is 33.8 Å². The number of carbonyl (C=O) groups is 2. The van der Waals surface area contributed by atoms with E-state index in [9.17, 15) is 14.8 Å². The third-order valence-electron chi connectivity index (χ3n) is 4.04. The lowest BCUT2D eigenvalue weighted by molar-refractivity contribution is -0.615. The van der Waals surface area contributed by atoms with Crippen LogP contribution in [0.15, 0.2) is 40.7 Å². The summed E-state index contributed by atoms with van der Waals surface area (Å²) >= 11 is 0. The molecular formula is C18H22N2O5. The predicted octanol–water partition coefficient (Wildman–Crippen LogP) is 1.89. The Hall–Kier alpha value is -2.70. The molecule has 7 heteroatoms. The number of nitrogens with zero attached hydrogens (tertiary/aromatic N) is 2. The molecule has 2 rings (SSSR count). The third kappa shape index (κ3) is 3.70. The summed E-state index contributed by atoms with van der Waals surface area (Å²) in [6.45, 7) is 7.13. The van der Waals surface area contributed by atoms with Gasteiger partial charge < -0.3 is 14.7 Å². The van der Waals surface area contributed by atoms with Gasteiger partial charge in [-0.3, -0.25) is 9.79 Å². The maximum Gasteiger partial charge on any atom is 0.336 e. The number of aromatic nitrogens is 1. The molecule has 2 unspecified atom stereocenters. The van der Waals surface area contributed by atoms with E-state index in [1.807, 2.05) is 0 Å². The van der Waals surface area contributed by atoms with Crippen molar-refractivity contribution in [3.05, 3.63) is 46.6 Å². The smallest absolute Gasteiger partial charge is 0.336 e. The van der Waals surface area contributed by atoms with E-state index in [0.717, 1.165) is 0 Å². The Labute approximate surface area is 146 Å². The predicted molar refractivity (Wildman–Crippen MR) is 90.7 cm³/mol. The molecule has 0 N–H and O–H groups in total. The highest BCUT2D eigenvalue weighted by atomic mass is 16.5. The van der Waals surface area contributed by atoms with Gasteiger partial charge in [0.2, 0.25) is 5.69 Å². The largest absolute Gasteiger partial charge is 0.618 e. The van der Waals surface area contributed by atoms with Crippen LogP contribution in [0, 0.1) is 11.1 Å². The fraction of sp³-hybridized carbons (Fsp3) is 0.444. The van der Waals surface area contributed by atoms with Crippen LogP contribution >= 0.6 is 0 Å². The zero-order valence-corrected chi connectivity index (χ0v) is 14.8. The average Bonchev–Trinajstić information content (AvgIpc) is 2.54. The van der Waals surface area contributed by atoms with Gasteiger partial charge in [0, 0.05) is 23.5 Å². The number of allylic oxidation sites excluding steroid dienone is 1. The lowest BCUT2D eigenvalue weighted by Gasteiger charge is -2.29. The first-order chi connectivity index (χ1) is 11.9. The van der Waals surface area contributed by atoms with Crippen molar-refractivity contribution in [3.63, 3.8) is 0 Å². The van der Waals surface area contributed by atoms with E-state index >= 15 is 0 Å². The monoisotopic (exact) mass is 346 g/mol. The normalized spacial score (nSPS) is 20.1. The Bertz CT molecular complexity index is 739. The second-order valence-electron chi connectivity index (χ2n) is 5.63. The Kier molecular flexibility index (Phi) is 5.90. The summed E-state index contributed by atoms with van der Waals surface area (Å²) in [6, 6.07) is 4.86. The lowest BCUT2D eigenvalue weighted by Crippen LogP contribution is -2.43. The van der Waals surface area contributed by atoms with Crippen LogP contribution < -0.4 is 4.73 Å². The molecule has 0 aliphatic carbocycles. The van der Waals surface area contributed by atoms with E-state index in [1.165, 1.54) is 6.20 Å². The second kappa shape index (κ2) is 7.92. The van der Waals surface area contributed by atoms with Gasteiger partial charge in [0.25, 0.3) is 0 Å². The van der Waals surface area contributed by atoms with Crippen molar-refractivity contribution in [1.29, 1.82) is 0 Å². The molecule has 0 saturated carbocycles. The van der Waals surface area contributed by atoms with Gasteiger partial charge in [0.15, 0.2) is 6.20 Å². The first-order valence-electron chi connectivity index (χ1n) is 8.20. The van der Waals surface area contributed by atoms with E-state index in [-0.39, 0.29) is 24.5 Å². The van der Waals surface area contributed by atoms with Gasteiger partial charge in [0.05, 0.1) is 24.7 Å². The SMILES string of the molecule is CCOC(=O)C1=C(C)N=C(C)C(C(=O)OCC)C1c1cccc[n+]1[O-]. The van der Waals surface area contributed by atoms with Crippen LogP contribution in [0.25, 0.3) is 0 Å². The van der Waals surface area contributed by atoms with Crippen LogP contribution in [0.2, 0.25) is 0 Å². The van der Waals surface area contributed by atoms with Gasteiger partial charge in [-0.2, -0.15) is 4.73 Å². The molecule has 0 aromatic carbocycles. The highest BCUT2D eigenvalue weighted by Crippen LogP contribution is 2.38. The minimum Gasteiger partial charge on any atom is -0.618 e. The first kappa shape index (κ1) is 18.6. The molecule has 134 valence electrons. The standard InChI is InChI=1S/C18H22N2O5/c1-5-24-17(21)14-11(3)19-12(4)15(18(22)25-6-2)16(14)13-9-7-8-10-20(13)23/h7-10,14,16H,5-6H2,1-4H3. The van der Waals surface area contributed by atoms with Crippen LogP contribution in [-0.2, 0) is 19.1 Å². The average molecular weight is 346 g/mol. The van der Waals surface area contributed by atoms with E-state index in [1.54, 1.807) is 45.9 Å². The number of rotatable bonds is 5. The molecule has 0 saturated heterocycles. The number of aliphatic imine (C=N–C) groups is 1. The molecule has 25 heavy (non-hydrogen) atoms. The third-order valence-corrected chi connectivity index (χ3v) is 4.04. The Balaban J connectivity index is 2.65. The zero-order valence-electron chi connectivity index (χ0n) is 14.8. The molecule has 0 fully saturated rings. The summed E-state index contributed by atoms with van der Waals surface area (Å²) in [7, 11) is 0. The first-order valence-corrected chi connectivity index (χ1v) is 8.20. The molecule has 7 nitrogen and oxygen atoms in total. The molecule has 0 spiro atoms. The zero-order chi connectivity index (χ0) is 18.6. The molecule has 0 radical (unpaired) electrons. The van der Waals surface area contributed by atoms with Crippen molar-refractivity contribution >= 4 is 17.7 Å². The fourth-order valence-corrected chi connectivity index (χ4v) is 3.05. The number of hydrogen-bond donors (Lipinski definition) is 0. The minimum absolute atomic E-state index is 0.182. The summed E-state index contributed by atoms with van der Waals surface area (Å²) in [5.74, 6) is -2.77. The number of pyridine rings is 1. The molecule has 0 bridgehead atoms. The minimum atomic E-state index is -0.856. The second-order valence-corrected chi connectivity index (χ2v) is 5.63. The van der Waals surface area contributed by atoms with Crippen LogP contribution in [0.5, 0.6) is 0 Å². The van der Waals surface area contributed by atoms with Crippen LogP contribution in [0.3, 0.4) is 0 Å². The van der Waals surface area contributed by atoms with Gasteiger partial charge >= 0.3 is 11.9 Å². The van der Waals surface area contributed by atoms with Crippen molar-refractivity contribution in [2.24, 2.45) is 10.9 Å². The maximum absolute atomic E-state index is 12.5. The van der Waals surface area contributed by atoms with E-state index < -0.39 is 23.8 Å². The van der Waals surface area contributed by atoms with Gasteiger partial charge in [-0.15, -0.1) is 0 Å². The topological polar surface area (TPSA) is 91.9 Å². The lowest BCUT2D eigenvalue weighted by atomic mass is 9.77. The van der Waals surface area contributed by atoms with Crippen LogP contribution in [-0.4, -0.2) is 30.9 Å². The van der Waals surface area contributed by atoms with Crippen molar-refractivity contribution in [2.45, 2.75) is 33.6 Å². The van der Waals surface area contributed by atoms with Gasteiger partial charge in [-0.25, -0.2) is 4.79 Å². The van der Waals surface area contributed by atoms with Gasteiger partial charge in [-0.1, -0.05) is 0 Å². The maximum atomic E-state index is 12.5. The number of carbonyl (C=O) groups excluding carboxylic acids is 2. The molecular weight excluding hydrogens is 324 g/mol. The quantitative estimate of drug-likeness (QED) is 0.461. The van der Waals surface area contributed by atoms with Crippen molar-refractivity contribution in [1.82, 2.24) is 0 Å². The summed E-state index contributed by atoms with van der Waals surface area (Å²) in [4.78, 5) is 29.4. The molecule has 2 atom stereocenters. The summed E-state index contributed by atoms with van der Waals surface area (Å²) < 4.78 is 11.0. The summed E-state index contributed by atoms with van der Waals surface area (Å²) in [6.07, 6.45) is 1.33. The molecule has 2 heterocycles. The van der Waals surface area contributed by atoms with Crippen molar-refractivity contribution < 1.29 is 23.8 Å². The Morgan fingerprint density at radius 3 is 2.48 bits per heavy atom. The number of hydrogen-bond acceptors (Lipinski definition) is 6.